The molecule has 3 unspecified atom stereocenters. The van der Waals surface area contributed by atoms with Gasteiger partial charge in [0, 0.05) is 0 Å². The van der Waals surface area contributed by atoms with E-state index in [-0.39, 0.29) is 16.9 Å². The molecule has 4 nitrogen and oxygen atoms in total. The van der Waals surface area contributed by atoms with Crippen molar-refractivity contribution in [2.75, 3.05) is 12.9 Å². The van der Waals surface area contributed by atoms with E-state index in [2.05, 4.69) is 4.74 Å². The van der Waals surface area contributed by atoms with E-state index >= 15 is 0 Å². The van der Waals surface area contributed by atoms with Crippen molar-refractivity contribution in [3.8, 4) is 0 Å². The second-order valence-electron chi connectivity index (χ2n) is 5.24. The van der Waals surface area contributed by atoms with E-state index < -0.39 is 21.7 Å². The van der Waals surface area contributed by atoms with Gasteiger partial charge in [0.1, 0.15) is 0 Å². The van der Waals surface area contributed by atoms with Crippen LogP contribution in [0.3, 0.4) is 0 Å². The van der Waals surface area contributed by atoms with Gasteiger partial charge in [-0.2, -0.15) is 0 Å². The van der Waals surface area contributed by atoms with Gasteiger partial charge in [0.15, 0.2) is 9.84 Å². The van der Waals surface area contributed by atoms with Gasteiger partial charge >= 0.3 is 5.97 Å². The van der Waals surface area contributed by atoms with Crippen LogP contribution in [0, 0.1) is 11.8 Å². The highest BCUT2D eigenvalue weighted by molar-refractivity contribution is 7.92. The van der Waals surface area contributed by atoms with Gasteiger partial charge < -0.3 is 4.74 Å². The van der Waals surface area contributed by atoms with E-state index in [1.54, 1.807) is 6.92 Å². The maximum absolute atomic E-state index is 12.4. The zero-order chi connectivity index (χ0) is 13.8. The van der Waals surface area contributed by atoms with Gasteiger partial charge in [-0.15, -0.1) is 0 Å². The summed E-state index contributed by atoms with van der Waals surface area (Å²) in [6, 6.07) is 0. The van der Waals surface area contributed by atoms with E-state index in [0.717, 1.165) is 32.1 Å². The van der Waals surface area contributed by atoms with Crippen LogP contribution in [0.5, 0.6) is 0 Å². The summed E-state index contributed by atoms with van der Waals surface area (Å²) < 4.78 is 29.4. The van der Waals surface area contributed by atoms with E-state index in [1.807, 2.05) is 6.92 Å². The average molecular weight is 276 g/mol. The van der Waals surface area contributed by atoms with Crippen LogP contribution in [-0.4, -0.2) is 32.5 Å². The fourth-order valence-electron chi connectivity index (χ4n) is 2.85. The lowest BCUT2D eigenvalue weighted by Gasteiger charge is -2.31. The first-order valence-electron chi connectivity index (χ1n) is 6.71. The van der Waals surface area contributed by atoms with Crippen molar-refractivity contribution in [3.63, 3.8) is 0 Å². The van der Waals surface area contributed by atoms with Gasteiger partial charge in [-0.25, -0.2) is 8.42 Å². The molecule has 0 amide bonds. The van der Waals surface area contributed by atoms with Crippen LogP contribution >= 0.6 is 0 Å². The van der Waals surface area contributed by atoms with Crippen molar-refractivity contribution >= 4 is 15.8 Å². The molecule has 0 heterocycles. The minimum Gasteiger partial charge on any atom is -0.469 e. The van der Waals surface area contributed by atoms with Crippen molar-refractivity contribution < 1.29 is 17.9 Å². The number of hydrogen-bond acceptors (Lipinski definition) is 4. The molecular weight excluding hydrogens is 252 g/mol. The molecule has 1 aliphatic rings. The summed E-state index contributed by atoms with van der Waals surface area (Å²) in [5.74, 6) is -0.837. The summed E-state index contributed by atoms with van der Waals surface area (Å²) >= 11 is 0. The number of esters is 1. The van der Waals surface area contributed by atoms with E-state index in [4.69, 9.17) is 0 Å². The van der Waals surface area contributed by atoms with Gasteiger partial charge in [-0.05, 0) is 18.8 Å². The predicted molar refractivity (Wildman–Crippen MR) is 71.0 cm³/mol. The smallest absolute Gasteiger partial charge is 0.309 e. The standard InChI is InChI=1S/C13H24O4S/c1-4-11-7-5-6-8-12(11)18(15,16)9-10(2)13(14)17-3/h10-12H,4-9H2,1-3H3. The number of hydrogen-bond donors (Lipinski definition) is 0. The van der Waals surface area contributed by atoms with Gasteiger partial charge in [0.25, 0.3) is 0 Å². The number of carbonyl (C=O) groups excluding carboxylic acids is 1. The summed E-state index contributed by atoms with van der Waals surface area (Å²) in [5, 5.41) is -0.261. The summed E-state index contributed by atoms with van der Waals surface area (Å²) in [7, 11) is -1.91. The highest BCUT2D eigenvalue weighted by atomic mass is 32.2. The van der Waals surface area contributed by atoms with Crippen molar-refractivity contribution in [1.82, 2.24) is 0 Å². The van der Waals surface area contributed by atoms with Crippen molar-refractivity contribution in [1.29, 1.82) is 0 Å². The molecule has 5 heteroatoms. The highest BCUT2D eigenvalue weighted by Crippen LogP contribution is 2.32. The van der Waals surface area contributed by atoms with Crippen LogP contribution in [0.15, 0.2) is 0 Å². The zero-order valence-electron chi connectivity index (χ0n) is 11.5. The molecule has 3 atom stereocenters. The number of ether oxygens (including phenoxy) is 1. The first-order chi connectivity index (χ1) is 8.42. The van der Waals surface area contributed by atoms with Crippen LogP contribution in [0.4, 0.5) is 0 Å². The quantitative estimate of drug-likeness (QED) is 0.722. The number of sulfone groups is 1. The summed E-state index contributed by atoms with van der Waals surface area (Å²) in [4.78, 5) is 11.3. The molecule has 1 fully saturated rings. The largest absolute Gasteiger partial charge is 0.469 e. The third-order valence-corrected chi connectivity index (χ3v) is 6.42. The maximum atomic E-state index is 12.4. The molecule has 0 spiro atoms. The predicted octanol–water partition coefficient (Wildman–Crippen LogP) is 2.18. The molecule has 0 saturated heterocycles. The Morgan fingerprint density at radius 2 is 1.94 bits per heavy atom. The Hall–Kier alpha value is -0.580. The third-order valence-electron chi connectivity index (χ3n) is 3.91. The lowest BCUT2D eigenvalue weighted by Crippen LogP contribution is -2.37. The van der Waals surface area contributed by atoms with Crippen LogP contribution in [-0.2, 0) is 19.4 Å². The number of methoxy groups -OCH3 is 1. The zero-order valence-corrected chi connectivity index (χ0v) is 12.3. The second-order valence-corrected chi connectivity index (χ2v) is 7.51. The van der Waals surface area contributed by atoms with Crippen LogP contribution in [0.25, 0.3) is 0 Å². The fraction of sp³-hybridized carbons (Fsp3) is 0.923. The Morgan fingerprint density at radius 1 is 1.33 bits per heavy atom. The molecule has 1 saturated carbocycles. The Morgan fingerprint density at radius 3 is 2.50 bits per heavy atom. The van der Waals surface area contributed by atoms with Crippen molar-refractivity contribution in [3.05, 3.63) is 0 Å². The molecule has 0 aromatic carbocycles. The molecule has 0 aromatic heterocycles. The Labute approximate surface area is 110 Å². The monoisotopic (exact) mass is 276 g/mol. The van der Waals surface area contributed by atoms with Crippen LogP contribution in [0.1, 0.15) is 46.0 Å². The third kappa shape index (κ3) is 3.70. The average Bonchev–Trinajstić information content (AvgIpc) is 2.37. The second kappa shape index (κ2) is 6.55. The lowest BCUT2D eigenvalue weighted by molar-refractivity contribution is -0.144. The molecule has 1 rings (SSSR count). The topological polar surface area (TPSA) is 60.4 Å². The Kier molecular flexibility index (Phi) is 5.63. The van der Waals surface area contributed by atoms with Crippen LogP contribution < -0.4 is 0 Å². The molecule has 1 aliphatic carbocycles. The van der Waals surface area contributed by atoms with E-state index in [0.29, 0.717) is 0 Å². The van der Waals surface area contributed by atoms with E-state index in [9.17, 15) is 13.2 Å². The first-order valence-corrected chi connectivity index (χ1v) is 8.43. The molecule has 106 valence electrons. The molecule has 0 aromatic rings. The molecule has 0 radical (unpaired) electrons. The highest BCUT2D eigenvalue weighted by Gasteiger charge is 2.36. The normalized spacial score (nSPS) is 26.6. The van der Waals surface area contributed by atoms with Crippen molar-refractivity contribution in [2.24, 2.45) is 11.8 Å². The molecular formula is C13H24O4S. The molecule has 0 bridgehead atoms. The summed E-state index contributed by atoms with van der Waals surface area (Å²) in [6.45, 7) is 3.66. The molecule has 0 aliphatic heterocycles. The van der Waals surface area contributed by atoms with Gasteiger partial charge in [0.05, 0.1) is 24.0 Å². The van der Waals surface area contributed by atoms with Gasteiger partial charge in [-0.1, -0.05) is 33.1 Å². The summed E-state index contributed by atoms with van der Waals surface area (Å²) in [6.07, 6.45) is 4.74. The van der Waals surface area contributed by atoms with Crippen LogP contribution in [0.2, 0.25) is 0 Å². The first kappa shape index (κ1) is 15.5. The number of carbonyl (C=O) groups is 1. The summed E-state index contributed by atoms with van der Waals surface area (Å²) in [5.41, 5.74) is 0. The fourth-order valence-corrected chi connectivity index (χ4v) is 5.38. The van der Waals surface area contributed by atoms with Gasteiger partial charge in [-0.3, -0.25) is 4.79 Å². The molecule has 18 heavy (non-hydrogen) atoms. The van der Waals surface area contributed by atoms with E-state index in [1.165, 1.54) is 7.11 Å². The Bertz CT molecular complexity index is 374. The SMILES string of the molecule is CCC1CCCCC1S(=O)(=O)CC(C)C(=O)OC. The van der Waals surface area contributed by atoms with Gasteiger partial charge in [0.2, 0.25) is 0 Å². The molecule has 0 N–H and O–H groups in total. The van der Waals surface area contributed by atoms with Crippen molar-refractivity contribution in [2.45, 2.75) is 51.2 Å². The minimum absolute atomic E-state index is 0.0825. The lowest BCUT2D eigenvalue weighted by atomic mass is 9.87. The number of rotatable bonds is 5. The minimum atomic E-state index is -3.20. The maximum Gasteiger partial charge on any atom is 0.309 e. The Balaban J connectivity index is 2.75.